The van der Waals surface area contributed by atoms with Crippen LogP contribution in [0.15, 0.2) is 30.7 Å². The van der Waals surface area contributed by atoms with E-state index in [2.05, 4.69) is 26.0 Å². The standard InChI is InChI=1S/C19H17F2N5O6S/c1-31-33(29,30)25-18-14(27)15(28)19(32-18)26-7-9(13-16(22)23-8-24-17(13)26)5-6-10-11(20)3-2-4-12(10)21/h2-4,7-8,14-15,18-19,25,27-28H,1H3,(H2,22,23,24)/t14-,15+,18+,19+/m0/s1. The second kappa shape index (κ2) is 8.63. The molecule has 0 spiro atoms. The van der Waals surface area contributed by atoms with Crippen molar-refractivity contribution >= 4 is 27.2 Å². The summed E-state index contributed by atoms with van der Waals surface area (Å²) in [5, 5.41) is 20.9. The predicted octanol–water partition coefficient (Wildman–Crippen LogP) is -0.251. The molecule has 0 radical (unpaired) electrons. The van der Waals surface area contributed by atoms with Crippen LogP contribution in [-0.2, 0) is 19.2 Å². The van der Waals surface area contributed by atoms with Gasteiger partial charge in [0.05, 0.1) is 23.6 Å². The molecule has 0 bridgehead atoms. The van der Waals surface area contributed by atoms with E-state index >= 15 is 0 Å². The van der Waals surface area contributed by atoms with E-state index in [9.17, 15) is 27.4 Å². The van der Waals surface area contributed by atoms with Crippen LogP contribution < -0.4 is 10.5 Å². The number of aliphatic hydroxyl groups excluding tert-OH is 2. The molecular weight excluding hydrogens is 464 g/mol. The first-order chi connectivity index (χ1) is 15.6. The molecule has 33 heavy (non-hydrogen) atoms. The van der Waals surface area contributed by atoms with E-state index in [0.717, 1.165) is 25.6 Å². The number of nitrogens with two attached hydrogens (primary N) is 1. The van der Waals surface area contributed by atoms with Crippen molar-refractivity contribution < 1.29 is 36.3 Å². The van der Waals surface area contributed by atoms with Gasteiger partial charge in [0.15, 0.2) is 12.5 Å². The van der Waals surface area contributed by atoms with Crippen molar-refractivity contribution in [2.45, 2.75) is 24.7 Å². The van der Waals surface area contributed by atoms with Crippen molar-refractivity contribution in [3.05, 3.63) is 53.5 Å². The molecule has 4 rings (SSSR count). The summed E-state index contributed by atoms with van der Waals surface area (Å²) in [6, 6.07) is 3.31. The highest BCUT2D eigenvalue weighted by atomic mass is 32.2. The van der Waals surface area contributed by atoms with Crippen molar-refractivity contribution in [2.75, 3.05) is 12.8 Å². The SMILES string of the molecule is COS(=O)(=O)N[C@@H]1O[C@@H](n2cc(C#Cc3c(F)cccc3F)c3c(N)ncnc32)[C@H](O)[C@@H]1O. The fourth-order valence-electron chi connectivity index (χ4n) is 3.32. The summed E-state index contributed by atoms with van der Waals surface area (Å²) in [6.07, 6.45) is -3.69. The Kier molecular flexibility index (Phi) is 6.01. The van der Waals surface area contributed by atoms with Gasteiger partial charge in [-0.05, 0) is 12.1 Å². The predicted molar refractivity (Wildman–Crippen MR) is 109 cm³/mol. The molecule has 1 aromatic carbocycles. The number of nitrogens with zero attached hydrogens (tertiary/aromatic N) is 3. The molecule has 174 valence electrons. The molecule has 1 aliphatic heterocycles. The first-order valence-electron chi connectivity index (χ1n) is 9.29. The number of nitrogen functional groups attached to an aromatic ring is 1. The molecule has 11 nitrogen and oxygen atoms in total. The molecule has 0 unspecified atom stereocenters. The van der Waals surface area contributed by atoms with E-state index in [1.54, 1.807) is 0 Å². The van der Waals surface area contributed by atoms with Gasteiger partial charge in [-0.1, -0.05) is 17.9 Å². The fourth-order valence-corrected chi connectivity index (χ4v) is 3.90. The maximum Gasteiger partial charge on any atom is 0.337 e. The molecule has 2 aromatic heterocycles. The van der Waals surface area contributed by atoms with E-state index in [-0.39, 0.29) is 22.4 Å². The van der Waals surface area contributed by atoms with Crippen molar-refractivity contribution in [1.82, 2.24) is 19.3 Å². The van der Waals surface area contributed by atoms with Gasteiger partial charge in [0.2, 0.25) is 0 Å². The largest absolute Gasteiger partial charge is 0.386 e. The van der Waals surface area contributed by atoms with Gasteiger partial charge in [-0.3, -0.25) is 4.18 Å². The third kappa shape index (κ3) is 4.25. The first-order valence-corrected chi connectivity index (χ1v) is 10.7. The molecular formula is C19H17F2N5O6S. The highest BCUT2D eigenvalue weighted by molar-refractivity contribution is 7.84. The van der Waals surface area contributed by atoms with Gasteiger partial charge in [-0.25, -0.2) is 18.7 Å². The molecule has 5 N–H and O–H groups in total. The van der Waals surface area contributed by atoms with Gasteiger partial charge in [0.25, 0.3) is 0 Å². The van der Waals surface area contributed by atoms with E-state index in [4.69, 9.17) is 10.5 Å². The number of nitrogens with one attached hydrogen (secondary N) is 1. The van der Waals surface area contributed by atoms with Crippen LogP contribution in [0.3, 0.4) is 0 Å². The average Bonchev–Trinajstić information content (AvgIpc) is 3.27. The van der Waals surface area contributed by atoms with Gasteiger partial charge < -0.3 is 25.3 Å². The minimum atomic E-state index is -4.25. The van der Waals surface area contributed by atoms with Crippen molar-refractivity contribution in [1.29, 1.82) is 0 Å². The van der Waals surface area contributed by atoms with Crippen LogP contribution in [0.4, 0.5) is 14.6 Å². The Morgan fingerprint density at radius 2 is 1.91 bits per heavy atom. The average molecular weight is 481 g/mol. The molecule has 1 fully saturated rings. The topological polar surface area (TPSA) is 162 Å². The number of benzene rings is 1. The summed E-state index contributed by atoms with van der Waals surface area (Å²) in [6.45, 7) is 0. The van der Waals surface area contributed by atoms with Gasteiger partial charge in [-0.2, -0.15) is 13.1 Å². The lowest BCUT2D eigenvalue weighted by Crippen LogP contribution is -2.43. The Hall–Kier alpha value is -3.19. The molecule has 0 aliphatic carbocycles. The molecule has 3 aromatic rings. The zero-order chi connectivity index (χ0) is 23.9. The lowest BCUT2D eigenvalue weighted by Gasteiger charge is -2.17. The highest BCUT2D eigenvalue weighted by Gasteiger charge is 2.46. The number of anilines is 1. The normalized spacial score (nSPS) is 22.9. The van der Waals surface area contributed by atoms with Crippen LogP contribution in [0.1, 0.15) is 17.4 Å². The smallest absolute Gasteiger partial charge is 0.337 e. The minimum absolute atomic E-state index is 0.0123. The monoisotopic (exact) mass is 481 g/mol. The van der Waals surface area contributed by atoms with Gasteiger partial charge >= 0.3 is 10.3 Å². The van der Waals surface area contributed by atoms with Crippen LogP contribution in [0, 0.1) is 23.5 Å². The molecule has 3 heterocycles. The minimum Gasteiger partial charge on any atom is -0.386 e. The highest BCUT2D eigenvalue weighted by Crippen LogP contribution is 2.34. The fraction of sp³-hybridized carbons (Fsp3) is 0.263. The molecule has 1 aliphatic rings. The molecule has 0 saturated carbocycles. The van der Waals surface area contributed by atoms with E-state index in [1.807, 2.05) is 4.72 Å². The van der Waals surface area contributed by atoms with Crippen LogP contribution in [0.25, 0.3) is 11.0 Å². The first kappa shape index (κ1) is 23.0. The lowest BCUT2D eigenvalue weighted by molar-refractivity contribution is -0.0383. The Labute approximate surface area is 186 Å². The summed E-state index contributed by atoms with van der Waals surface area (Å²) in [7, 11) is -3.35. The molecule has 4 atom stereocenters. The maximum atomic E-state index is 14.0. The van der Waals surface area contributed by atoms with Crippen LogP contribution in [0.5, 0.6) is 0 Å². The Morgan fingerprint density at radius 1 is 1.21 bits per heavy atom. The number of aromatic nitrogens is 3. The summed E-state index contributed by atoms with van der Waals surface area (Å²) in [5.41, 5.74) is 5.75. The number of aliphatic hydroxyl groups is 2. The lowest BCUT2D eigenvalue weighted by atomic mass is 10.1. The quantitative estimate of drug-likeness (QED) is 0.368. The van der Waals surface area contributed by atoms with Crippen molar-refractivity contribution in [3.63, 3.8) is 0 Å². The summed E-state index contributed by atoms with van der Waals surface area (Å²) < 4.78 is 64.2. The Balaban J connectivity index is 1.78. The van der Waals surface area contributed by atoms with Crippen LogP contribution >= 0.6 is 0 Å². The van der Waals surface area contributed by atoms with Gasteiger partial charge in [0, 0.05) is 6.20 Å². The van der Waals surface area contributed by atoms with Crippen LogP contribution in [-0.4, -0.2) is 58.7 Å². The summed E-state index contributed by atoms with van der Waals surface area (Å²) >= 11 is 0. The number of rotatable bonds is 4. The second-order valence-corrected chi connectivity index (χ2v) is 8.40. The Morgan fingerprint density at radius 3 is 2.58 bits per heavy atom. The number of ether oxygens (including phenoxy) is 1. The maximum absolute atomic E-state index is 14.0. The second-order valence-electron chi connectivity index (χ2n) is 6.92. The van der Waals surface area contributed by atoms with Crippen molar-refractivity contribution in [3.8, 4) is 11.8 Å². The molecule has 1 saturated heterocycles. The summed E-state index contributed by atoms with van der Waals surface area (Å²) in [5.74, 6) is 3.28. The van der Waals surface area contributed by atoms with Gasteiger partial charge in [-0.15, -0.1) is 0 Å². The zero-order valence-corrected chi connectivity index (χ0v) is 17.6. The third-order valence-electron chi connectivity index (χ3n) is 4.92. The molecule has 14 heteroatoms. The summed E-state index contributed by atoms with van der Waals surface area (Å²) in [4.78, 5) is 7.98. The number of hydrogen-bond acceptors (Lipinski definition) is 9. The van der Waals surface area contributed by atoms with Crippen molar-refractivity contribution in [2.24, 2.45) is 0 Å². The van der Waals surface area contributed by atoms with Gasteiger partial charge in [0.1, 0.15) is 41.6 Å². The van der Waals surface area contributed by atoms with E-state index < -0.39 is 52.2 Å². The molecule has 0 amide bonds. The third-order valence-corrected chi connectivity index (χ3v) is 5.88. The van der Waals surface area contributed by atoms with E-state index in [0.29, 0.717) is 0 Å². The number of fused-ring (bicyclic) bond motifs is 1. The van der Waals surface area contributed by atoms with E-state index in [1.165, 1.54) is 16.8 Å². The Bertz CT molecular complexity index is 1370. The number of halogens is 2. The zero-order valence-electron chi connectivity index (χ0n) is 16.8. The van der Waals surface area contributed by atoms with Crippen LogP contribution in [0.2, 0.25) is 0 Å². The number of hydrogen-bond donors (Lipinski definition) is 4.